The van der Waals surface area contributed by atoms with Gasteiger partial charge in [0.2, 0.25) is 5.78 Å². The summed E-state index contributed by atoms with van der Waals surface area (Å²) in [7, 11) is 0. The average Bonchev–Trinajstić information content (AvgIpc) is 2.96. The molecule has 0 aliphatic heterocycles. The van der Waals surface area contributed by atoms with Crippen molar-refractivity contribution in [3.63, 3.8) is 0 Å². The number of ketones is 3. The quantitative estimate of drug-likeness (QED) is 0.408. The van der Waals surface area contributed by atoms with Crippen molar-refractivity contribution in [3.8, 4) is 0 Å². The lowest BCUT2D eigenvalue weighted by Crippen LogP contribution is -2.64. The lowest BCUT2D eigenvalue weighted by molar-refractivity contribution is -0.181. The van der Waals surface area contributed by atoms with Crippen LogP contribution in [0, 0.1) is 39.4 Å². The van der Waals surface area contributed by atoms with Crippen LogP contribution >= 0.6 is 0 Å². The van der Waals surface area contributed by atoms with Crippen LogP contribution < -0.4 is 0 Å². The molecule has 2 saturated carbocycles. The van der Waals surface area contributed by atoms with Gasteiger partial charge >= 0.3 is 0 Å². The molecule has 0 saturated heterocycles. The molecule has 0 unspecified atom stereocenters. The Morgan fingerprint density at radius 3 is 2.22 bits per heavy atom. The summed E-state index contributed by atoms with van der Waals surface area (Å²) < 4.78 is 0. The number of allylic oxidation sites excluding steroid dienone is 4. The van der Waals surface area contributed by atoms with Gasteiger partial charge in [0.15, 0.2) is 11.5 Å². The van der Waals surface area contributed by atoms with Crippen molar-refractivity contribution in [2.75, 3.05) is 0 Å². The van der Waals surface area contributed by atoms with Gasteiger partial charge in [-0.15, -0.1) is 0 Å². The molecule has 0 bridgehead atoms. The zero-order valence-corrected chi connectivity index (χ0v) is 23.5. The number of fused-ring (bicyclic) bond motifs is 5. The SMILES string of the molecule is CC(C)(O)CCC(=O)[C@@](C)(O)[C@@H]1[C@@H](O)C[C@]2(C)[C@@H]3CC=C4[C@H](C=C(O)C(=O)C4(C)C)[C@@]3(C)C(=O)C[C@]12C. The van der Waals surface area contributed by atoms with Crippen molar-refractivity contribution in [2.24, 2.45) is 39.4 Å². The van der Waals surface area contributed by atoms with Gasteiger partial charge in [0, 0.05) is 30.1 Å². The van der Waals surface area contributed by atoms with Gasteiger partial charge in [-0.3, -0.25) is 14.4 Å². The monoisotopic (exact) mass is 516 g/mol. The molecule has 7 heteroatoms. The molecule has 0 aromatic rings. The zero-order valence-electron chi connectivity index (χ0n) is 23.5. The van der Waals surface area contributed by atoms with Crippen LogP contribution in [0.4, 0.5) is 0 Å². The van der Waals surface area contributed by atoms with Crippen molar-refractivity contribution < 1.29 is 34.8 Å². The second kappa shape index (κ2) is 8.09. The highest BCUT2D eigenvalue weighted by molar-refractivity contribution is 6.02. The van der Waals surface area contributed by atoms with E-state index in [1.807, 2.05) is 19.9 Å². The number of carbonyl (C=O) groups is 3. The van der Waals surface area contributed by atoms with Crippen LogP contribution in [0.2, 0.25) is 0 Å². The number of Topliss-reactive ketones (excluding diaryl/α,β-unsaturated/α-hetero) is 3. The van der Waals surface area contributed by atoms with E-state index in [9.17, 15) is 34.8 Å². The molecule has 7 nitrogen and oxygen atoms in total. The highest BCUT2D eigenvalue weighted by atomic mass is 16.3. The highest BCUT2D eigenvalue weighted by Gasteiger charge is 2.74. The van der Waals surface area contributed by atoms with Crippen LogP contribution in [0.3, 0.4) is 0 Å². The Bertz CT molecular complexity index is 1110. The van der Waals surface area contributed by atoms with Crippen molar-refractivity contribution in [1.29, 1.82) is 0 Å². The smallest absolute Gasteiger partial charge is 0.206 e. The molecule has 4 aliphatic carbocycles. The van der Waals surface area contributed by atoms with Crippen molar-refractivity contribution in [3.05, 3.63) is 23.5 Å². The summed E-state index contributed by atoms with van der Waals surface area (Å²) in [6, 6.07) is 0. The Morgan fingerprint density at radius 1 is 1.05 bits per heavy atom. The second-order valence-electron chi connectivity index (χ2n) is 14.3. The van der Waals surface area contributed by atoms with Crippen LogP contribution in [0.5, 0.6) is 0 Å². The largest absolute Gasteiger partial charge is 0.505 e. The molecule has 8 atom stereocenters. The lowest BCUT2D eigenvalue weighted by atomic mass is 9.39. The average molecular weight is 517 g/mol. The van der Waals surface area contributed by atoms with Crippen LogP contribution in [-0.4, -0.2) is 55.1 Å². The number of hydrogen-bond donors (Lipinski definition) is 4. The van der Waals surface area contributed by atoms with Gasteiger partial charge in [-0.05, 0) is 76.7 Å². The third-order valence-corrected chi connectivity index (χ3v) is 11.2. The van der Waals surface area contributed by atoms with Gasteiger partial charge in [-0.1, -0.05) is 32.4 Å². The summed E-state index contributed by atoms with van der Waals surface area (Å²) in [5.74, 6) is -2.69. The number of hydrogen-bond acceptors (Lipinski definition) is 7. The summed E-state index contributed by atoms with van der Waals surface area (Å²) in [6.07, 6.45) is 3.64. The van der Waals surface area contributed by atoms with Gasteiger partial charge in [0.05, 0.1) is 17.1 Å². The molecule has 0 spiro atoms. The predicted octanol–water partition coefficient (Wildman–Crippen LogP) is 3.84. The summed E-state index contributed by atoms with van der Waals surface area (Å²) in [5.41, 5.74) is -5.39. The maximum atomic E-state index is 14.2. The summed E-state index contributed by atoms with van der Waals surface area (Å²) in [6.45, 7) is 14.1. The normalized spacial score (nSPS) is 42.7. The first-order valence-electron chi connectivity index (χ1n) is 13.5. The third-order valence-electron chi connectivity index (χ3n) is 11.2. The fourth-order valence-electron chi connectivity index (χ4n) is 8.82. The van der Waals surface area contributed by atoms with Crippen molar-refractivity contribution in [2.45, 2.75) is 105 Å². The third kappa shape index (κ3) is 3.67. The first kappa shape index (κ1) is 28.2. The van der Waals surface area contributed by atoms with E-state index in [1.54, 1.807) is 27.7 Å². The first-order valence-corrected chi connectivity index (χ1v) is 13.5. The van der Waals surface area contributed by atoms with Crippen molar-refractivity contribution >= 4 is 17.3 Å². The molecule has 0 aromatic heterocycles. The van der Waals surface area contributed by atoms with Crippen LogP contribution in [0.1, 0.15) is 87.5 Å². The minimum Gasteiger partial charge on any atom is -0.505 e. The molecular weight excluding hydrogens is 472 g/mol. The number of carbonyl (C=O) groups excluding carboxylic acids is 3. The fourth-order valence-corrected chi connectivity index (χ4v) is 8.82. The van der Waals surface area contributed by atoms with Gasteiger partial charge in [-0.2, -0.15) is 0 Å². The van der Waals surface area contributed by atoms with Crippen LogP contribution in [-0.2, 0) is 14.4 Å². The van der Waals surface area contributed by atoms with Gasteiger partial charge in [0.1, 0.15) is 11.4 Å². The van der Waals surface area contributed by atoms with E-state index in [2.05, 4.69) is 6.92 Å². The van der Waals surface area contributed by atoms with E-state index in [0.717, 1.165) is 5.57 Å². The van der Waals surface area contributed by atoms with E-state index in [4.69, 9.17) is 0 Å². The van der Waals surface area contributed by atoms with Crippen LogP contribution in [0.25, 0.3) is 0 Å². The molecule has 2 fully saturated rings. The standard InChI is InChI=1S/C30H44O7/c1-25(2,36)12-11-21(33)30(8,37)23-19(32)14-27(5)20-10-9-16-17(13-18(31)24(35)26(16,3)4)29(20,7)22(34)15-28(23,27)6/h9,13,17,19-20,23,31-32,36-37H,10-12,14-15H2,1-8H3/t17-,19-,20-,23+,27+,28+,29+,30+/m0/s1. The molecule has 4 rings (SSSR count). The topological polar surface area (TPSA) is 132 Å². The zero-order chi connectivity index (χ0) is 28.1. The molecule has 0 amide bonds. The molecular formula is C30H44O7. The van der Waals surface area contributed by atoms with Gasteiger partial charge in [-0.25, -0.2) is 0 Å². The Hall–Kier alpha value is -1.83. The molecule has 4 N–H and O–H groups in total. The molecule has 0 radical (unpaired) electrons. The Kier molecular flexibility index (Phi) is 6.16. The fraction of sp³-hybridized carbons (Fsp3) is 0.767. The highest BCUT2D eigenvalue weighted by Crippen LogP contribution is 2.73. The first-order chi connectivity index (χ1) is 16.7. The number of aliphatic hydroxyl groups excluding tert-OH is 2. The minimum atomic E-state index is -1.88. The molecule has 206 valence electrons. The van der Waals surface area contributed by atoms with E-state index in [0.29, 0.717) is 12.8 Å². The Balaban J connectivity index is 1.79. The second-order valence-corrected chi connectivity index (χ2v) is 14.3. The molecule has 0 heterocycles. The minimum absolute atomic E-state index is 0.0387. The summed E-state index contributed by atoms with van der Waals surface area (Å²) >= 11 is 0. The Morgan fingerprint density at radius 2 is 1.65 bits per heavy atom. The van der Waals surface area contributed by atoms with Gasteiger partial charge < -0.3 is 20.4 Å². The maximum Gasteiger partial charge on any atom is 0.206 e. The van der Waals surface area contributed by atoms with E-state index in [1.165, 1.54) is 13.0 Å². The van der Waals surface area contributed by atoms with Gasteiger partial charge in [0.25, 0.3) is 0 Å². The summed E-state index contributed by atoms with van der Waals surface area (Å²) in [5, 5.41) is 43.7. The van der Waals surface area contributed by atoms with E-state index >= 15 is 0 Å². The van der Waals surface area contributed by atoms with E-state index < -0.39 is 56.6 Å². The summed E-state index contributed by atoms with van der Waals surface area (Å²) in [4.78, 5) is 40.2. The molecule has 4 aliphatic rings. The van der Waals surface area contributed by atoms with Crippen molar-refractivity contribution in [1.82, 2.24) is 0 Å². The lowest BCUT2D eigenvalue weighted by Gasteiger charge is -2.63. The number of rotatable bonds is 5. The maximum absolute atomic E-state index is 14.2. The molecule has 37 heavy (non-hydrogen) atoms. The molecule has 0 aromatic carbocycles. The Labute approximate surface area is 220 Å². The number of aliphatic hydroxyl groups is 4. The van der Waals surface area contributed by atoms with Crippen LogP contribution in [0.15, 0.2) is 23.5 Å². The van der Waals surface area contributed by atoms with E-state index in [-0.39, 0.29) is 42.5 Å². The predicted molar refractivity (Wildman–Crippen MR) is 138 cm³/mol.